The van der Waals surface area contributed by atoms with Gasteiger partial charge in [-0.3, -0.25) is 5.41 Å². The fraction of sp³-hybridized carbons (Fsp3) is 0.400. The average Bonchev–Trinajstić information content (AvgIpc) is 2.10. The third kappa shape index (κ3) is 0.975. The molecule has 5 heteroatoms. The van der Waals surface area contributed by atoms with Crippen LogP contribution in [-0.4, -0.2) is 22.6 Å². The largest absolute Gasteiger partial charge is 0.350 e. The zero-order chi connectivity index (χ0) is 7.72. The van der Waals surface area contributed by atoms with Gasteiger partial charge in [0.1, 0.15) is 5.84 Å². The zero-order valence-electron chi connectivity index (χ0n) is 5.59. The fourth-order valence-electron chi connectivity index (χ4n) is 0.766. The number of amidine groups is 1. The minimum absolute atomic E-state index is 0.144. The van der Waals surface area contributed by atoms with E-state index in [4.69, 9.17) is 11.1 Å². The second kappa shape index (κ2) is 2.09. The first-order valence-electron chi connectivity index (χ1n) is 2.82. The van der Waals surface area contributed by atoms with Crippen LogP contribution >= 0.6 is 0 Å². The molecule has 2 amide bonds. The van der Waals surface area contributed by atoms with Crippen LogP contribution in [0, 0.1) is 5.41 Å². The van der Waals surface area contributed by atoms with Gasteiger partial charge in [-0.1, -0.05) is 0 Å². The highest BCUT2D eigenvalue weighted by atomic mass is 16.2. The lowest BCUT2D eigenvalue weighted by Gasteiger charge is -2.05. The second-order valence-corrected chi connectivity index (χ2v) is 2.11. The van der Waals surface area contributed by atoms with Crippen molar-refractivity contribution in [2.45, 2.75) is 13.3 Å². The monoisotopic (exact) mass is 140 g/mol. The van der Waals surface area contributed by atoms with Crippen LogP contribution in [0.5, 0.6) is 0 Å². The van der Waals surface area contributed by atoms with Crippen molar-refractivity contribution in [2.24, 2.45) is 10.8 Å². The Morgan fingerprint density at radius 2 is 2.50 bits per heavy atom. The first kappa shape index (κ1) is 6.73. The van der Waals surface area contributed by atoms with E-state index in [0.717, 1.165) is 10.7 Å². The Bertz CT molecular complexity index is 220. The predicted octanol–water partition coefficient (Wildman–Crippen LogP) is 0.124. The van der Waals surface area contributed by atoms with Crippen molar-refractivity contribution in [3.63, 3.8) is 0 Å². The van der Waals surface area contributed by atoms with Gasteiger partial charge in [0, 0.05) is 12.1 Å². The number of primary amides is 1. The van der Waals surface area contributed by atoms with Crippen molar-refractivity contribution in [2.75, 3.05) is 0 Å². The normalized spacial score (nSPS) is 17.5. The molecule has 54 valence electrons. The van der Waals surface area contributed by atoms with Gasteiger partial charge in [-0.15, -0.1) is 0 Å². The number of nitrogens with zero attached hydrogens (tertiary/aromatic N) is 2. The van der Waals surface area contributed by atoms with Crippen LogP contribution in [-0.2, 0) is 0 Å². The van der Waals surface area contributed by atoms with E-state index >= 15 is 0 Å². The molecule has 1 aliphatic heterocycles. The summed E-state index contributed by atoms with van der Waals surface area (Å²) in [5.74, 6) is 0.144. The number of hydrazone groups is 1. The van der Waals surface area contributed by atoms with Crippen LogP contribution < -0.4 is 5.73 Å². The third-order valence-electron chi connectivity index (χ3n) is 1.16. The van der Waals surface area contributed by atoms with Crippen molar-refractivity contribution < 1.29 is 4.79 Å². The molecule has 0 atom stereocenters. The lowest BCUT2D eigenvalue weighted by molar-refractivity contribution is 0.231. The number of amides is 2. The lowest BCUT2D eigenvalue weighted by atomic mass is 10.3. The van der Waals surface area contributed by atoms with E-state index in [1.165, 1.54) is 0 Å². The minimum Gasteiger partial charge on any atom is -0.350 e. The molecule has 0 saturated heterocycles. The highest BCUT2D eigenvalue weighted by Crippen LogP contribution is 2.06. The van der Waals surface area contributed by atoms with Gasteiger partial charge in [0.25, 0.3) is 0 Å². The van der Waals surface area contributed by atoms with Gasteiger partial charge in [0.05, 0.1) is 0 Å². The van der Waals surface area contributed by atoms with E-state index < -0.39 is 6.03 Å². The molecule has 0 bridgehead atoms. The molecular weight excluding hydrogens is 132 g/mol. The number of hydrogen-bond acceptors (Lipinski definition) is 3. The van der Waals surface area contributed by atoms with E-state index in [9.17, 15) is 4.79 Å². The molecular formula is C5H8N4O. The van der Waals surface area contributed by atoms with Crippen LogP contribution in [0.25, 0.3) is 0 Å². The van der Waals surface area contributed by atoms with Gasteiger partial charge in [-0.05, 0) is 6.92 Å². The van der Waals surface area contributed by atoms with E-state index in [2.05, 4.69) is 5.10 Å². The Balaban J connectivity index is 2.79. The molecule has 0 aromatic carbocycles. The molecule has 0 fully saturated rings. The van der Waals surface area contributed by atoms with E-state index in [-0.39, 0.29) is 5.84 Å². The summed E-state index contributed by atoms with van der Waals surface area (Å²) >= 11 is 0. The van der Waals surface area contributed by atoms with Crippen molar-refractivity contribution >= 4 is 17.6 Å². The highest BCUT2D eigenvalue weighted by molar-refractivity contribution is 6.10. The quantitative estimate of drug-likeness (QED) is 0.492. The number of urea groups is 1. The molecule has 0 aromatic rings. The lowest BCUT2D eigenvalue weighted by Crippen LogP contribution is -2.32. The molecule has 0 unspecified atom stereocenters. The van der Waals surface area contributed by atoms with Crippen LogP contribution in [0.3, 0.4) is 0 Å². The first-order chi connectivity index (χ1) is 4.61. The minimum atomic E-state index is -0.693. The highest BCUT2D eigenvalue weighted by Gasteiger charge is 2.21. The number of hydrogen-bond donors (Lipinski definition) is 2. The summed E-state index contributed by atoms with van der Waals surface area (Å²) in [5.41, 5.74) is 5.63. The molecule has 0 radical (unpaired) electrons. The smallest absolute Gasteiger partial charge is 0.341 e. The topological polar surface area (TPSA) is 82.5 Å². The Labute approximate surface area is 58.0 Å². The van der Waals surface area contributed by atoms with E-state index in [0.29, 0.717) is 6.42 Å². The Hall–Kier alpha value is -1.39. The van der Waals surface area contributed by atoms with Crippen LogP contribution in [0.4, 0.5) is 4.79 Å². The molecule has 3 N–H and O–H groups in total. The van der Waals surface area contributed by atoms with Crippen molar-refractivity contribution in [1.29, 1.82) is 5.41 Å². The van der Waals surface area contributed by atoms with Crippen LogP contribution in [0.2, 0.25) is 0 Å². The van der Waals surface area contributed by atoms with E-state index in [1.54, 1.807) is 6.92 Å². The van der Waals surface area contributed by atoms with Gasteiger partial charge < -0.3 is 5.73 Å². The van der Waals surface area contributed by atoms with Crippen LogP contribution in [0.15, 0.2) is 5.10 Å². The average molecular weight is 140 g/mol. The Morgan fingerprint density at radius 1 is 1.90 bits per heavy atom. The molecule has 5 nitrogen and oxygen atoms in total. The fourth-order valence-corrected chi connectivity index (χ4v) is 0.766. The molecule has 1 aliphatic rings. The zero-order valence-corrected chi connectivity index (χ0v) is 5.59. The van der Waals surface area contributed by atoms with Crippen LogP contribution in [0.1, 0.15) is 13.3 Å². The number of nitrogens with two attached hydrogens (primary N) is 1. The summed E-state index contributed by atoms with van der Waals surface area (Å²) in [7, 11) is 0. The molecule has 1 heterocycles. The van der Waals surface area contributed by atoms with Gasteiger partial charge in [-0.2, -0.15) is 10.1 Å². The van der Waals surface area contributed by atoms with Crippen molar-refractivity contribution in [3.05, 3.63) is 0 Å². The molecule has 10 heavy (non-hydrogen) atoms. The van der Waals surface area contributed by atoms with Gasteiger partial charge in [0.2, 0.25) is 0 Å². The summed E-state index contributed by atoms with van der Waals surface area (Å²) in [6, 6.07) is -0.693. The summed E-state index contributed by atoms with van der Waals surface area (Å²) in [4.78, 5) is 10.5. The van der Waals surface area contributed by atoms with Gasteiger partial charge >= 0.3 is 6.03 Å². The number of rotatable bonds is 0. The summed E-state index contributed by atoms with van der Waals surface area (Å²) in [5, 5.41) is 11.8. The first-order valence-corrected chi connectivity index (χ1v) is 2.82. The Morgan fingerprint density at radius 3 is 2.70 bits per heavy atom. The number of carbonyl (C=O) groups is 1. The molecule has 0 spiro atoms. The summed E-state index contributed by atoms with van der Waals surface area (Å²) in [6.45, 7) is 1.75. The molecule has 0 saturated carbocycles. The number of carbonyl (C=O) groups excluding carboxylic acids is 1. The SMILES string of the molecule is CC1=NN(C(N)=O)C(=N)C1. The van der Waals surface area contributed by atoms with E-state index in [1.807, 2.05) is 0 Å². The molecule has 1 rings (SSSR count). The summed E-state index contributed by atoms with van der Waals surface area (Å²) < 4.78 is 0. The van der Waals surface area contributed by atoms with Gasteiger partial charge in [0.15, 0.2) is 0 Å². The van der Waals surface area contributed by atoms with Gasteiger partial charge in [-0.25, -0.2) is 4.79 Å². The third-order valence-corrected chi connectivity index (χ3v) is 1.16. The second-order valence-electron chi connectivity index (χ2n) is 2.11. The maximum atomic E-state index is 10.5. The standard InChI is InChI=1S/C5H8N4O/c1-3-2-4(6)9(8-3)5(7)10/h6H,2H2,1H3,(H2,7,10). The maximum Gasteiger partial charge on any atom is 0.341 e. The predicted molar refractivity (Wildman–Crippen MR) is 36.9 cm³/mol. The molecule has 0 aliphatic carbocycles. The summed E-state index contributed by atoms with van der Waals surface area (Å²) in [6.07, 6.45) is 0.420. The maximum absolute atomic E-state index is 10.5. The number of nitrogens with one attached hydrogen (secondary N) is 1. The molecule has 0 aromatic heterocycles. The Kier molecular flexibility index (Phi) is 1.41. The van der Waals surface area contributed by atoms with Crippen molar-refractivity contribution in [1.82, 2.24) is 5.01 Å². The van der Waals surface area contributed by atoms with Crippen molar-refractivity contribution in [3.8, 4) is 0 Å².